The molecule has 0 atom stereocenters. The van der Waals surface area contributed by atoms with Crippen LogP contribution in [0.2, 0.25) is 10.0 Å². The first-order valence-corrected chi connectivity index (χ1v) is 7.00. The quantitative estimate of drug-likeness (QED) is 0.477. The maximum absolute atomic E-state index is 12.3. The highest BCUT2D eigenvalue weighted by molar-refractivity contribution is 6.35. The van der Waals surface area contributed by atoms with Gasteiger partial charge in [0.1, 0.15) is 5.56 Å². The number of pyridine rings is 1. The SMILES string of the molecule is COC(=O)c1cc([N+](=O)[O-])cn(Cc2ccc(Cl)cc2Cl)c1=O. The highest BCUT2D eigenvalue weighted by atomic mass is 35.5. The molecule has 0 radical (unpaired) electrons. The van der Waals surface area contributed by atoms with Gasteiger partial charge in [-0.25, -0.2) is 4.79 Å². The number of carbonyl (C=O) groups excluding carboxylic acids is 1. The van der Waals surface area contributed by atoms with Gasteiger partial charge in [0.15, 0.2) is 0 Å². The smallest absolute Gasteiger partial charge is 0.343 e. The lowest BCUT2D eigenvalue weighted by molar-refractivity contribution is -0.385. The summed E-state index contributed by atoms with van der Waals surface area (Å²) in [6.07, 6.45) is 1.04. The lowest BCUT2D eigenvalue weighted by atomic mass is 10.2. The van der Waals surface area contributed by atoms with E-state index in [0.717, 1.165) is 23.9 Å². The maximum atomic E-state index is 12.3. The van der Waals surface area contributed by atoms with Gasteiger partial charge < -0.3 is 9.30 Å². The third-order valence-corrected chi connectivity index (χ3v) is 3.63. The minimum Gasteiger partial charge on any atom is -0.465 e. The zero-order chi connectivity index (χ0) is 17.1. The fourth-order valence-corrected chi connectivity index (χ4v) is 2.40. The zero-order valence-corrected chi connectivity index (χ0v) is 13.3. The lowest BCUT2D eigenvalue weighted by Crippen LogP contribution is -2.27. The second kappa shape index (κ2) is 6.80. The van der Waals surface area contributed by atoms with Crippen molar-refractivity contribution in [2.45, 2.75) is 6.54 Å². The predicted octanol–water partition coefficient (Wildman–Crippen LogP) is 2.90. The molecule has 2 aromatic rings. The number of esters is 1. The highest BCUT2D eigenvalue weighted by Crippen LogP contribution is 2.22. The van der Waals surface area contributed by atoms with Gasteiger partial charge in [0.05, 0.1) is 24.8 Å². The standard InChI is InChI=1S/C14H10Cl2N2O5/c1-23-14(20)11-5-10(18(21)22)7-17(13(11)19)6-8-2-3-9(15)4-12(8)16/h2-5,7H,6H2,1H3. The Morgan fingerprint density at radius 3 is 2.61 bits per heavy atom. The van der Waals surface area contributed by atoms with Crippen LogP contribution in [0.4, 0.5) is 5.69 Å². The average Bonchev–Trinajstić information content (AvgIpc) is 2.50. The molecular formula is C14H10Cl2N2O5. The van der Waals surface area contributed by atoms with Gasteiger partial charge in [-0.2, -0.15) is 0 Å². The van der Waals surface area contributed by atoms with Gasteiger partial charge in [-0.1, -0.05) is 29.3 Å². The molecule has 0 unspecified atom stereocenters. The van der Waals surface area contributed by atoms with Crippen LogP contribution < -0.4 is 5.56 Å². The summed E-state index contributed by atoms with van der Waals surface area (Å²) in [5.74, 6) is -0.949. The molecule has 0 aliphatic carbocycles. The molecule has 0 bridgehead atoms. The fourth-order valence-electron chi connectivity index (χ4n) is 1.93. The Bertz CT molecular complexity index is 848. The summed E-state index contributed by atoms with van der Waals surface area (Å²) < 4.78 is 5.51. The van der Waals surface area contributed by atoms with Crippen LogP contribution in [-0.2, 0) is 11.3 Å². The Morgan fingerprint density at radius 1 is 1.35 bits per heavy atom. The van der Waals surface area contributed by atoms with Gasteiger partial charge in [-0.05, 0) is 17.7 Å². The van der Waals surface area contributed by atoms with E-state index in [1.165, 1.54) is 6.07 Å². The minimum absolute atomic E-state index is 0.0550. The van der Waals surface area contributed by atoms with Gasteiger partial charge >= 0.3 is 5.97 Å². The Kier molecular flexibility index (Phi) is 5.02. The van der Waals surface area contributed by atoms with E-state index in [0.29, 0.717) is 15.6 Å². The Labute approximate surface area is 140 Å². The number of rotatable bonds is 4. The van der Waals surface area contributed by atoms with Crippen molar-refractivity contribution in [1.29, 1.82) is 0 Å². The molecule has 1 aromatic carbocycles. The number of halogens is 2. The van der Waals surface area contributed by atoms with Crippen molar-refractivity contribution < 1.29 is 14.5 Å². The third-order valence-electron chi connectivity index (χ3n) is 3.04. The van der Waals surface area contributed by atoms with E-state index in [2.05, 4.69) is 4.74 Å². The normalized spacial score (nSPS) is 10.4. The van der Waals surface area contributed by atoms with Crippen LogP contribution in [-0.4, -0.2) is 22.6 Å². The van der Waals surface area contributed by atoms with Crippen molar-refractivity contribution in [1.82, 2.24) is 4.57 Å². The van der Waals surface area contributed by atoms with E-state index >= 15 is 0 Å². The monoisotopic (exact) mass is 356 g/mol. The molecular weight excluding hydrogens is 347 g/mol. The molecule has 0 spiro atoms. The Balaban J connectivity index is 2.56. The molecule has 1 heterocycles. The van der Waals surface area contributed by atoms with Crippen molar-refractivity contribution in [2.75, 3.05) is 7.11 Å². The Morgan fingerprint density at radius 2 is 2.04 bits per heavy atom. The fraction of sp³-hybridized carbons (Fsp3) is 0.143. The number of aromatic nitrogens is 1. The highest BCUT2D eigenvalue weighted by Gasteiger charge is 2.20. The largest absolute Gasteiger partial charge is 0.465 e. The number of nitro groups is 1. The minimum atomic E-state index is -0.949. The predicted molar refractivity (Wildman–Crippen MR) is 84.3 cm³/mol. The van der Waals surface area contributed by atoms with E-state index in [4.69, 9.17) is 23.2 Å². The van der Waals surface area contributed by atoms with Crippen LogP contribution in [0.25, 0.3) is 0 Å². The van der Waals surface area contributed by atoms with Crippen molar-refractivity contribution in [3.05, 3.63) is 72.1 Å². The van der Waals surface area contributed by atoms with Crippen LogP contribution >= 0.6 is 23.2 Å². The molecule has 120 valence electrons. The molecule has 0 saturated heterocycles. The molecule has 0 aliphatic heterocycles. The number of carbonyl (C=O) groups is 1. The van der Waals surface area contributed by atoms with E-state index < -0.39 is 27.7 Å². The number of hydrogen-bond acceptors (Lipinski definition) is 5. The van der Waals surface area contributed by atoms with Crippen LogP contribution in [0.3, 0.4) is 0 Å². The summed E-state index contributed by atoms with van der Waals surface area (Å²) in [7, 11) is 1.08. The topological polar surface area (TPSA) is 91.4 Å². The van der Waals surface area contributed by atoms with E-state index in [9.17, 15) is 19.7 Å². The van der Waals surface area contributed by atoms with Gasteiger partial charge in [0.25, 0.3) is 11.2 Å². The molecule has 9 heteroatoms. The molecule has 1 aromatic heterocycles. The van der Waals surface area contributed by atoms with Gasteiger partial charge in [-0.3, -0.25) is 14.9 Å². The molecule has 23 heavy (non-hydrogen) atoms. The van der Waals surface area contributed by atoms with Crippen molar-refractivity contribution in [3.63, 3.8) is 0 Å². The van der Waals surface area contributed by atoms with Crippen LogP contribution in [0.15, 0.2) is 35.3 Å². The lowest BCUT2D eigenvalue weighted by Gasteiger charge is -2.09. The summed E-state index contributed by atoms with van der Waals surface area (Å²) in [6.45, 7) is -0.0550. The zero-order valence-electron chi connectivity index (χ0n) is 11.8. The molecule has 0 saturated carbocycles. The molecule has 7 nitrogen and oxygen atoms in total. The van der Waals surface area contributed by atoms with Gasteiger partial charge in [0.2, 0.25) is 0 Å². The maximum Gasteiger partial charge on any atom is 0.343 e. The molecule has 0 fully saturated rings. The van der Waals surface area contributed by atoms with E-state index in [1.807, 2.05) is 0 Å². The summed E-state index contributed by atoms with van der Waals surface area (Å²) in [4.78, 5) is 34.2. The summed E-state index contributed by atoms with van der Waals surface area (Å²) in [6, 6.07) is 5.54. The molecule has 2 rings (SSSR count). The summed E-state index contributed by atoms with van der Waals surface area (Å²) >= 11 is 11.8. The number of ether oxygens (including phenoxy) is 1. The average molecular weight is 357 g/mol. The van der Waals surface area contributed by atoms with Crippen LogP contribution in [0.1, 0.15) is 15.9 Å². The van der Waals surface area contributed by atoms with Crippen molar-refractivity contribution >= 4 is 34.9 Å². The van der Waals surface area contributed by atoms with Crippen LogP contribution in [0.5, 0.6) is 0 Å². The number of hydrogen-bond donors (Lipinski definition) is 0. The first kappa shape index (κ1) is 17.0. The second-order valence-corrected chi connectivity index (χ2v) is 5.37. The van der Waals surface area contributed by atoms with E-state index in [-0.39, 0.29) is 6.54 Å². The van der Waals surface area contributed by atoms with Crippen molar-refractivity contribution in [2.24, 2.45) is 0 Å². The van der Waals surface area contributed by atoms with Crippen molar-refractivity contribution in [3.8, 4) is 0 Å². The molecule has 0 aliphatic rings. The summed E-state index contributed by atoms with van der Waals surface area (Å²) in [5, 5.41) is 11.7. The van der Waals surface area contributed by atoms with E-state index in [1.54, 1.807) is 12.1 Å². The molecule has 0 N–H and O–H groups in total. The number of benzene rings is 1. The van der Waals surface area contributed by atoms with Crippen LogP contribution in [0, 0.1) is 10.1 Å². The number of nitrogens with zero attached hydrogens (tertiary/aromatic N) is 2. The number of methoxy groups -OCH3 is 1. The second-order valence-electron chi connectivity index (χ2n) is 4.53. The third kappa shape index (κ3) is 3.69. The van der Waals surface area contributed by atoms with Gasteiger partial charge in [-0.15, -0.1) is 0 Å². The first-order chi connectivity index (χ1) is 10.8. The first-order valence-electron chi connectivity index (χ1n) is 6.24. The molecule has 0 amide bonds. The van der Waals surface area contributed by atoms with Gasteiger partial charge in [0, 0.05) is 16.1 Å². The summed E-state index contributed by atoms with van der Waals surface area (Å²) in [5.41, 5.74) is -1.02. The Hall–Kier alpha value is -2.38.